The second-order valence-electron chi connectivity index (χ2n) is 4.45. The van der Waals surface area contributed by atoms with Gasteiger partial charge >= 0.3 is 0 Å². The van der Waals surface area contributed by atoms with E-state index >= 15 is 0 Å². The Morgan fingerprint density at radius 2 is 2.09 bits per heavy atom. The van der Waals surface area contributed by atoms with Gasteiger partial charge in [0.2, 0.25) is 0 Å². The first-order valence-electron chi connectivity index (χ1n) is 6.31. The van der Waals surface area contributed by atoms with Gasteiger partial charge in [0, 0.05) is 11.8 Å². The van der Waals surface area contributed by atoms with Crippen LogP contribution in [0.3, 0.4) is 0 Å². The van der Waals surface area contributed by atoms with Crippen LogP contribution in [0.1, 0.15) is 0 Å². The molecule has 8 heteroatoms. The summed E-state index contributed by atoms with van der Waals surface area (Å²) in [5, 5.41) is 9.18. The second-order valence-corrected chi connectivity index (χ2v) is 4.45. The molecule has 0 fully saturated rings. The summed E-state index contributed by atoms with van der Waals surface area (Å²) in [6, 6.07) is 7.38. The van der Waals surface area contributed by atoms with E-state index in [0.29, 0.717) is 17.1 Å². The van der Waals surface area contributed by atoms with Crippen LogP contribution in [0, 0.1) is 5.82 Å². The Balaban J connectivity index is 1.99. The zero-order valence-electron chi connectivity index (χ0n) is 11.2. The summed E-state index contributed by atoms with van der Waals surface area (Å²) < 4.78 is 13.2. The third-order valence-corrected chi connectivity index (χ3v) is 2.94. The zero-order chi connectivity index (χ0) is 15.5. The monoisotopic (exact) mass is 298 g/mol. The number of nitrogens with one attached hydrogen (secondary N) is 2. The van der Waals surface area contributed by atoms with Crippen molar-refractivity contribution in [3.8, 4) is 11.3 Å². The Morgan fingerprint density at radius 3 is 2.82 bits per heavy atom. The lowest BCUT2D eigenvalue weighted by Crippen LogP contribution is -2.14. The van der Waals surface area contributed by atoms with E-state index in [2.05, 4.69) is 25.5 Å². The van der Waals surface area contributed by atoms with E-state index in [1.54, 1.807) is 12.3 Å². The fraction of sp³-hybridized carbons (Fsp3) is 0. The molecule has 0 aliphatic rings. The van der Waals surface area contributed by atoms with Crippen LogP contribution in [0.2, 0.25) is 0 Å². The van der Waals surface area contributed by atoms with Crippen molar-refractivity contribution in [1.82, 2.24) is 20.2 Å². The minimum Gasteiger partial charge on any atom is -0.396 e. The lowest BCUT2D eigenvalue weighted by atomic mass is 10.1. The number of aromatic nitrogens is 4. The van der Waals surface area contributed by atoms with Crippen LogP contribution >= 0.6 is 0 Å². The van der Waals surface area contributed by atoms with Gasteiger partial charge < -0.3 is 11.1 Å². The van der Waals surface area contributed by atoms with Gasteiger partial charge in [-0.2, -0.15) is 5.10 Å². The number of hydrogen-bond donors (Lipinski definition) is 3. The van der Waals surface area contributed by atoms with E-state index in [0.717, 1.165) is 0 Å². The Hall–Kier alpha value is -3.29. The van der Waals surface area contributed by atoms with Gasteiger partial charge in [0.1, 0.15) is 23.6 Å². The molecule has 2 aromatic heterocycles. The normalized spacial score (nSPS) is 10.4. The van der Waals surface area contributed by atoms with Gasteiger partial charge in [0.25, 0.3) is 5.56 Å². The Labute approximate surface area is 124 Å². The quantitative estimate of drug-likeness (QED) is 0.635. The minimum absolute atomic E-state index is 0.0100. The number of anilines is 3. The van der Waals surface area contributed by atoms with Gasteiger partial charge in [-0.15, -0.1) is 0 Å². The molecular formula is C14H11FN6O. The van der Waals surface area contributed by atoms with E-state index in [-0.39, 0.29) is 11.4 Å². The highest BCUT2D eigenvalue weighted by Gasteiger charge is 2.08. The molecule has 0 saturated carbocycles. The first kappa shape index (κ1) is 13.7. The van der Waals surface area contributed by atoms with Crippen molar-refractivity contribution in [3.05, 3.63) is 59.0 Å². The maximum absolute atomic E-state index is 13.2. The SMILES string of the molecule is Nc1cc(-c2cc(Nc3ccncn3)c(=O)[nH]n2)ccc1F. The Morgan fingerprint density at radius 1 is 1.23 bits per heavy atom. The number of nitrogens with zero attached hydrogens (tertiary/aromatic N) is 3. The fourth-order valence-electron chi connectivity index (χ4n) is 1.85. The number of aromatic amines is 1. The number of rotatable bonds is 3. The topological polar surface area (TPSA) is 110 Å². The maximum Gasteiger partial charge on any atom is 0.287 e. The van der Waals surface area contributed by atoms with Crippen molar-refractivity contribution in [3.63, 3.8) is 0 Å². The van der Waals surface area contributed by atoms with Crippen molar-refractivity contribution in [2.24, 2.45) is 0 Å². The molecule has 3 rings (SSSR count). The summed E-state index contributed by atoms with van der Waals surface area (Å²) in [5.41, 5.74) is 6.43. The zero-order valence-corrected chi connectivity index (χ0v) is 11.2. The molecule has 4 N–H and O–H groups in total. The molecule has 0 bridgehead atoms. The predicted molar refractivity (Wildman–Crippen MR) is 80.0 cm³/mol. The number of halogens is 1. The molecule has 7 nitrogen and oxygen atoms in total. The highest BCUT2D eigenvalue weighted by molar-refractivity contribution is 5.68. The summed E-state index contributed by atoms with van der Waals surface area (Å²) in [5.74, 6) is -0.0382. The van der Waals surface area contributed by atoms with Gasteiger partial charge in [-0.1, -0.05) is 0 Å². The van der Waals surface area contributed by atoms with E-state index in [9.17, 15) is 9.18 Å². The predicted octanol–water partition coefficient (Wildman–Crippen LogP) is 1.69. The van der Waals surface area contributed by atoms with Crippen LogP contribution in [0.25, 0.3) is 11.3 Å². The summed E-state index contributed by atoms with van der Waals surface area (Å²) in [6.07, 6.45) is 2.91. The van der Waals surface area contributed by atoms with Crippen LogP contribution in [0.5, 0.6) is 0 Å². The summed E-state index contributed by atoms with van der Waals surface area (Å²) >= 11 is 0. The van der Waals surface area contributed by atoms with E-state index < -0.39 is 11.4 Å². The molecule has 0 atom stereocenters. The average molecular weight is 298 g/mol. The second kappa shape index (κ2) is 5.60. The summed E-state index contributed by atoms with van der Waals surface area (Å²) in [6.45, 7) is 0. The smallest absolute Gasteiger partial charge is 0.287 e. The van der Waals surface area contributed by atoms with Crippen molar-refractivity contribution in [2.45, 2.75) is 0 Å². The van der Waals surface area contributed by atoms with E-state index in [1.165, 1.54) is 30.6 Å². The molecule has 0 amide bonds. The fourth-order valence-corrected chi connectivity index (χ4v) is 1.85. The van der Waals surface area contributed by atoms with Crippen LogP contribution < -0.4 is 16.6 Å². The summed E-state index contributed by atoms with van der Waals surface area (Å²) in [4.78, 5) is 19.6. The molecule has 110 valence electrons. The van der Waals surface area contributed by atoms with E-state index in [4.69, 9.17) is 5.73 Å². The molecule has 0 aliphatic heterocycles. The van der Waals surface area contributed by atoms with Crippen LogP contribution in [0.15, 0.2) is 47.7 Å². The number of H-pyrrole nitrogens is 1. The number of nitrogens with two attached hydrogens (primary N) is 1. The maximum atomic E-state index is 13.2. The third-order valence-electron chi connectivity index (χ3n) is 2.94. The van der Waals surface area contributed by atoms with Crippen LogP contribution in [-0.4, -0.2) is 20.2 Å². The average Bonchev–Trinajstić information content (AvgIpc) is 2.53. The molecule has 22 heavy (non-hydrogen) atoms. The third kappa shape index (κ3) is 2.75. The number of benzene rings is 1. The Bertz CT molecular complexity index is 865. The lowest BCUT2D eigenvalue weighted by molar-refractivity contribution is 0.632. The molecule has 0 radical (unpaired) electrons. The van der Waals surface area contributed by atoms with Gasteiger partial charge in [-0.05, 0) is 30.3 Å². The van der Waals surface area contributed by atoms with Crippen LogP contribution in [-0.2, 0) is 0 Å². The number of hydrogen-bond acceptors (Lipinski definition) is 6. The lowest BCUT2D eigenvalue weighted by Gasteiger charge is -2.07. The largest absolute Gasteiger partial charge is 0.396 e. The molecule has 2 heterocycles. The van der Waals surface area contributed by atoms with Gasteiger partial charge in [-0.25, -0.2) is 19.5 Å². The van der Waals surface area contributed by atoms with Gasteiger partial charge in [0.15, 0.2) is 0 Å². The standard InChI is InChI=1S/C14H11FN6O/c15-9-2-1-8(5-10(9)16)11-6-12(14(22)21-20-11)19-13-3-4-17-7-18-13/h1-7H,16H2,(H,21,22)(H,17,18,19,20). The first-order valence-corrected chi connectivity index (χ1v) is 6.31. The summed E-state index contributed by atoms with van der Waals surface area (Å²) in [7, 11) is 0. The number of nitrogen functional groups attached to an aromatic ring is 1. The van der Waals surface area contributed by atoms with Crippen molar-refractivity contribution < 1.29 is 4.39 Å². The molecule has 0 spiro atoms. The molecule has 0 unspecified atom stereocenters. The molecule has 1 aromatic carbocycles. The molecule has 0 aliphatic carbocycles. The Kier molecular flexibility index (Phi) is 3.48. The minimum atomic E-state index is -0.507. The van der Waals surface area contributed by atoms with Gasteiger partial charge in [-0.3, -0.25) is 4.79 Å². The first-order chi connectivity index (χ1) is 10.6. The van der Waals surface area contributed by atoms with Crippen molar-refractivity contribution in [2.75, 3.05) is 11.1 Å². The molecule has 0 saturated heterocycles. The highest BCUT2D eigenvalue weighted by Crippen LogP contribution is 2.22. The highest BCUT2D eigenvalue weighted by atomic mass is 19.1. The van der Waals surface area contributed by atoms with E-state index in [1.807, 2.05) is 0 Å². The van der Waals surface area contributed by atoms with Crippen LogP contribution in [0.4, 0.5) is 21.6 Å². The van der Waals surface area contributed by atoms with Crippen molar-refractivity contribution >= 4 is 17.2 Å². The van der Waals surface area contributed by atoms with Gasteiger partial charge in [0.05, 0.1) is 11.4 Å². The molecular weight excluding hydrogens is 287 g/mol. The van der Waals surface area contributed by atoms with Crippen molar-refractivity contribution in [1.29, 1.82) is 0 Å². The molecule has 3 aromatic rings.